The fourth-order valence-electron chi connectivity index (χ4n) is 3.63. The molecule has 1 aromatic heterocycles. The predicted molar refractivity (Wildman–Crippen MR) is 103 cm³/mol. The number of ether oxygens (including phenoxy) is 1. The Bertz CT molecular complexity index is 520. The molecule has 3 N–H and O–H groups in total. The third-order valence-corrected chi connectivity index (χ3v) is 5.27. The van der Waals surface area contributed by atoms with Gasteiger partial charge in [-0.1, -0.05) is 12.8 Å². The van der Waals surface area contributed by atoms with Crippen molar-refractivity contribution in [2.24, 2.45) is 10.4 Å². The molecule has 25 heavy (non-hydrogen) atoms. The van der Waals surface area contributed by atoms with Gasteiger partial charge in [0.25, 0.3) is 0 Å². The van der Waals surface area contributed by atoms with Crippen molar-refractivity contribution in [1.82, 2.24) is 20.8 Å². The Hall–Kier alpha value is -1.56. The molecule has 0 spiro atoms. The lowest BCUT2D eigenvalue weighted by Gasteiger charge is -2.27. The highest BCUT2D eigenvalue weighted by molar-refractivity contribution is 5.79. The number of nitrogens with zero attached hydrogens (tertiary/aromatic N) is 2. The first-order valence-corrected chi connectivity index (χ1v) is 9.69. The molecule has 0 radical (unpaired) electrons. The Labute approximate surface area is 152 Å². The summed E-state index contributed by atoms with van der Waals surface area (Å²) in [6.07, 6.45) is 10.4. The van der Waals surface area contributed by atoms with E-state index < -0.39 is 0 Å². The first-order chi connectivity index (χ1) is 12.2. The molecule has 0 unspecified atom stereocenters. The van der Waals surface area contributed by atoms with E-state index in [0.717, 1.165) is 51.5 Å². The minimum absolute atomic E-state index is 0.340. The van der Waals surface area contributed by atoms with Crippen molar-refractivity contribution >= 4 is 5.96 Å². The highest BCUT2D eigenvalue weighted by Gasteiger charge is 2.33. The van der Waals surface area contributed by atoms with Crippen LogP contribution in [0, 0.1) is 12.3 Å². The van der Waals surface area contributed by atoms with Gasteiger partial charge in [-0.05, 0) is 56.9 Å². The molecule has 0 bridgehead atoms. The number of aromatic nitrogens is 2. The molecule has 2 rings (SSSR count). The fourth-order valence-corrected chi connectivity index (χ4v) is 3.63. The van der Waals surface area contributed by atoms with Gasteiger partial charge >= 0.3 is 0 Å². The van der Waals surface area contributed by atoms with E-state index in [1.54, 1.807) is 7.11 Å². The number of guanidine groups is 1. The average Bonchev–Trinajstić information content (AvgIpc) is 3.24. The summed E-state index contributed by atoms with van der Waals surface area (Å²) in [4.78, 5) is 4.89. The maximum absolute atomic E-state index is 5.32. The smallest absolute Gasteiger partial charge is 0.191 e. The van der Waals surface area contributed by atoms with E-state index >= 15 is 0 Å². The van der Waals surface area contributed by atoms with Gasteiger partial charge < -0.3 is 15.4 Å². The van der Waals surface area contributed by atoms with Crippen LogP contribution in [-0.4, -0.2) is 49.5 Å². The Balaban J connectivity index is 1.81. The molecule has 0 amide bonds. The topological polar surface area (TPSA) is 74.3 Å². The Kier molecular flexibility index (Phi) is 8.25. The lowest BCUT2D eigenvalue weighted by Crippen LogP contribution is -2.39. The van der Waals surface area contributed by atoms with Crippen LogP contribution in [0.15, 0.2) is 11.2 Å². The summed E-state index contributed by atoms with van der Waals surface area (Å²) in [6, 6.07) is 0. The maximum atomic E-state index is 5.32. The molecular formula is C19H35N5O. The number of aliphatic imine (C=N–C) groups is 1. The van der Waals surface area contributed by atoms with Gasteiger partial charge in [0.2, 0.25) is 0 Å². The lowest BCUT2D eigenvalue weighted by molar-refractivity contribution is 0.141. The van der Waals surface area contributed by atoms with E-state index in [4.69, 9.17) is 9.73 Å². The van der Waals surface area contributed by atoms with Gasteiger partial charge in [-0.15, -0.1) is 0 Å². The third kappa shape index (κ3) is 6.34. The van der Waals surface area contributed by atoms with E-state index in [1.807, 2.05) is 6.20 Å². The second kappa shape index (κ2) is 10.4. The quantitative estimate of drug-likeness (QED) is 0.345. The van der Waals surface area contributed by atoms with Crippen LogP contribution >= 0.6 is 0 Å². The molecule has 6 nitrogen and oxygen atoms in total. The second-order valence-corrected chi connectivity index (χ2v) is 7.20. The first-order valence-electron chi connectivity index (χ1n) is 9.69. The molecule has 1 heterocycles. The number of methoxy groups -OCH3 is 1. The number of rotatable bonds is 10. The average molecular weight is 350 g/mol. The van der Waals surface area contributed by atoms with Crippen LogP contribution in [0.4, 0.5) is 0 Å². The molecule has 1 fully saturated rings. The van der Waals surface area contributed by atoms with Gasteiger partial charge in [-0.2, -0.15) is 5.10 Å². The highest BCUT2D eigenvalue weighted by atomic mass is 16.5. The zero-order valence-electron chi connectivity index (χ0n) is 16.2. The largest absolute Gasteiger partial charge is 0.385 e. The van der Waals surface area contributed by atoms with Crippen LogP contribution < -0.4 is 10.6 Å². The van der Waals surface area contributed by atoms with Crippen LogP contribution in [-0.2, 0) is 11.2 Å². The van der Waals surface area contributed by atoms with Gasteiger partial charge in [-0.25, -0.2) is 0 Å². The summed E-state index contributed by atoms with van der Waals surface area (Å²) in [5.41, 5.74) is 2.81. The molecule has 0 atom stereocenters. The van der Waals surface area contributed by atoms with E-state index in [9.17, 15) is 0 Å². The Morgan fingerprint density at radius 1 is 1.36 bits per heavy atom. The van der Waals surface area contributed by atoms with Crippen molar-refractivity contribution in [3.63, 3.8) is 0 Å². The summed E-state index contributed by atoms with van der Waals surface area (Å²) >= 11 is 0. The van der Waals surface area contributed by atoms with E-state index in [-0.39, 0.29) is 0 Å². The summed E-state index contributed by atoms with van der Waals surface area (Å²) in [5, 5.41) is 13.9. The molecule has 1 saturated carbocycles. The number of aryl methyl sites for hydroxylation is 2. The highest BCUT2D eigenvalue weighted by Crippen LogP contribution is 2.41. The van der Waals surface area contributed by atoms with Gasteiger partial charge in [0.1, 0.15) is 0 Å². The van der Waals surface area contributed by atoms with Crippen LogP contribution in [0.3, 0.4) is 0 Å². The summed E-state index contributed by atoms with van der Waals surface area (Å²) in [5.74, 6) is 0.940. The van der Waals surface area contributed by atoms with Gasteiger partial charge in [0, 0.05) is 39.0 Å². The van der Waals surface area contributed by atoms with Crippen LogP contribution in [0.2, 0.25) is 0 Å². The molecule has 0 aromatic carbocycles. The lowest BCUT2D eigenvalue weighted by atomic mass is 9.83. The van der Waals surface area contributed by atoms with Crippen molar-refractivity contribution in [3.8, 4) is 0 Å². The molecule has 0 saturated heterocycles. The zero-order chi connectivity index (χ0) is 18.0. The Morgan fingerprint density at radius 2 is 2.16 bits per heavy atom. The molecule has 142 valence electrons. The number of hydrogen-bond acceptors (Lipinski definition) is 3. The molecular weight excluding hydrogens is 314 g/mol. The van der Waals surface area contributed by atoms with E-state index in [2.05, 4.69) is 34.7 Å². The standard InChI is InChI=1S/C19H35N5O/c1-4-20-18(21-12-7-8-17-14-23-24-16(17)2)22-15-19(11-13-25-3)9-5-6-10-19/h14H,4-13,15H2,1-3H3,(H,23,24)(H2,20,21,22). The zero-order valence-corrected chi connectivity index (χ0v) is 16.2. The maximum Gasteiger partial charge on any atom is 0.191 e. The van der Waals surface area contributed by atoms with Crippen molar-refractivity contribution in [1.29, 1.82) is 0 Å². The van der Waals surface area contributed by atoms with Crippen LogP contribution in [0.1, 0.15) is 56.7 Å². The summed E-state index contributed by atoms with van der Waals surface area (Å²) in [6.45, 7) is 7.72. The van der Waals surface area contributed by atoms with Crippen molar-refractivity contribution in [3.05, 3.63) is 17.5 Å². The Morgan fingerprint density at radius 3 is 2.80 bits per heavy atom. The predicted octanol–water partition coefficient (Wildman–Crippen LogP) is 2.80. The number of hydrogen-bond donors (Lipinski definition) is 3. The van der Waals surface area contributed by atoms with E-state index in [0.29, 0.717) is 5.41 Å². The molecule has 0 aliphatic heterocycles. The van der Waals surface area contributed by atoms with Crippen LogP contribution in [0.5, 0.6) is 0 Å². The summed E-state index contributed by atoms with van der Waals surface area (Å²) in [7, 11) is 1.79. The molecule has 1 aromatic rings. The molecule has 1 aliphatic carbocycles. The SMILES string of the molecule is CCNC(=NCC1(CCOC)CCCC1)NCCCc1cn[nH]c1C. The molecule has 6 heteroatoms. The minimum Gasteiger partial charge on any atom is -0.385 e. The fraction of sp³-hybridized carbons (Fsp3) is 0.789. The second-order valence-electron chi connectivity index (χ2n) is 7.20. The number of H-pyrrole nitrogens is 1. The van der Waals surface area contributed by atoms with Crippen LogP contribution in [0.25, 0.3) is 0 Å². The monoisotopic (exact) mass is 349 g/mol. The van der Waals surface area contributed by atoms with E-state index in [1.165, 1.54) is 36.9 Å². The van der Waals surface area contributed by atoms with Crippen molar-refractivity contribution < 1.29 is 4.74 Å². The third-order valence-electron chi connectivity index (χ3n) is 5.27. The van der Waals surface area contributed by atoms with Gasteiger partial charge in [-0.3, -0.25) is 10.1 Å². The number of aromatic amines is 1. The van der Waals surface area contributed by atoms with Gasteiger partial charge in [0.15, 0.2) is 5.96 Å². The van der Waals surface area contributed by atoms with Crippen molar-refractivity contribution in [2.75, 3.05) is 33.4 Å². The number of nitrogens with one attached hydrogen (secondary N) is 3. The minimum atomic E-state index is 0.340. The normalized spacial score (nSPS) is 17.0. The van der Waals surface area contributed by atoms with Crippen molar-refractivity contribution in [2.45, 2.75) is 58.8 Å². The van der Waals surface area contributed by atoms with Gasteiger partial charge in [0.05, 0.1) is 6.20 Å². The summed E-state index contributed by atoms with van der Waals surface area (Å²) < 4.78 is 5.32. The molecule has 1 aliphatic rings. The first kappa shape index (κ1) is 19.8.